The molecule has 4 rings (SSSR count). The normalized spacial score (nSPS) is 11.4. The van der Waals surface area contributed by atoms with Crippen molar-refractivity contribution in [2.45, 2.75) is 0 Å². The molecule has 0 saturated carbocycles. The van der Waals surface area contributed by atoms with E-state index in [1.807, 2.05) is 30.3 Å². The minimum atomic E-state index is -0.664. The van der Waals surface area contributed by atoms with Crippen LogP contribution in [0.2, 0.25) is 5.02 Å². The van der Waals surface area contributed by atoms with E-state index in [2.05, 4.69) is 20.8 Å². The number of amides is 1. The molecule has 2 aromatic carbocycles. The second-order valence-electron chi connectivity index (χ2n) is 5.90. The molecule has 0 aliphatic heterocycles. The Morgan fingerprint density at radius 2 is 1.97 bits per heavy atom. The molecule has 0 saturated heterocycles. The fraction of sp³-hybridized carbons (Fsp3) is 0. The van der Waals surface area contributed by atoms with E-state index in [0.29, 0.717) is 17.1 Å². The third kappa shape index (κ3) is 4.07. The van der Waals surface area contributed by atoms with Crippen LogP contribution in [-0.2, 0) is 4.79 Å². The molecular weight excluding hydrogens is 397 g/mol. The minimum Gasteiger partial charge on any atom is -0.465 e. The van der Waals surface area contributed by atoms with Crippen LogP contribution in [0.15, 0.2) is 71.3 Å². The van der Waals surface area contributed by atoms with Crippen LogP contribution in [0.3, 0.4) is 0 Å². The van der Waals surface area contributed by atoms with Crippen LogP contribution in [0.5, 0.6) is 0 Å². The highest BCUT2D eigenvalue weighted by Gasteiger charge is 2.21. The van der Waals surface area contributed by atoms with Crippen LogP contribution in [0.25, 0.3) is 23.2 Å². The number of hydrogen-bond acceptors (Lipinski definition) is 5. The molecule has 9 heteroatoms. The number of benzene rings is 2. The molecule has 1 amide bonds. The van der Waals surface area contributed by atoms with E-state index in [4.69, 9.17) is 16.0 Å². The molecule has 0 aliphatic carbocycles. The quantitative estimate of drug-likeness (QED) is 0.495. The van der Waals surface area contributed by atoms with Crippen LogP contribution in [0.4, 0.5) is 10.1 Å². The predicted octanol–water partition coefficient (Wildman–Crippen LogP) is 4.36. The Morgan fingerprint density at radius 1 is 1.14 bits per heavy atom. The average molecular weight is 410 g/mol. The van der Waals surface area contributed by atoms with Gasteiger partial charge < -0.3 is 9.73 Å². The second kappa shape index (κ2) is 8.07. The molecule has 0 fully saturated rings. The topological polar surface area (TPSA) is 85.8 Å². The lowest BCUT2D eigenvalue weighted by Gasteiger charge is -2.11. The molecule has 0 unspecified atom stereocenters. The van der Waals surface area contributed by atoms with E-state index < -0.39 is 11.7 Å². The summed E-state index contributed by atoms with van der Waals surface area (Å²) < 4.78 is 20.7. The third-order valence-corrected chi connectivity index (χ3v) is 4.20. The van der Waals surface area contributed by atoms with Crippen molar-refractivity contribution in [3.63, 3.8) is 0 Å². The summed E-state index contributed by atoms with van der Waals surface area (Å²) in [5.74, 6) is -0.549. The fourth-order valence-electron chi connectivity index (χ4n) is 2.62. The summed E-state index contributed by atoms with van der Waals surface area (Å²) in [5, 5.41) is 14.4. The first-order chi connectivity index (χ1) is 14.1. The molecule has 144 valence electrons. The van der Waals surface area contributed by atoms with Gasteiger partial charge in [-0.3, -0.25) is 4.79 Å². The monoisotopic (exact) mass is 409 g/mol. The van der Waals surface area contributed by atoms with Crippen LogP contribution in [0, 0.1) is 5.82 Å². The summed E-state index contributed by atoms with van der Waals surface area (Å²) in [7, 11) is 0. The number of carbonyl (C=O) groups excluding carboxylic acids is 1. The van der Waals surface area contributed by atoms with E-state index >= 15 is 0 Å². The van der Waals surface area contributed by atoms with Crippen molar-refractivity contribution in [3.05, 3.63) is 83.5 Å². The maximum absolute atomic E-state index is 14.2. The zero-order valence-corrected chi connectivity index (χ0v) is 15.5. The molecule has 1 N–H and O–H groups in total. The SMILES string of the molecule is O=C(Nc1ccc(Cl)cc1F)/C(=C\c1ccco1)n1nnnc1-c1ccccc1. The van der Waals surface area contributed by atoms with Gasteiger partial charge in [0.1, 0.15) is 17.3 Å². The van der Waals surface area contributed by atoms with Crippen molar-refractivity contribution in [2.75, 3.05) is 5.32 Å². The number of nitrogens with one attached hydrogen (secondary N) is 1. The van der Waals surface area contributed by atoms with Gasteiger partial charge >= 0.3 is 0 Å². The summed E-state index contributed by atoms with van der Waals surface area (Å²) in [6.07, 6.45) is 2.93. The number of anilines is 1. The van der Waals surface area contributed by atoms with Gasteiger partial charge in [0.2, 0.25) is 0 Å². The summed E-state index contributed by atoms with van der Waals surface area (Å²) in [6, 6.07) is 16.4. The number of halogens is 2. The van der Waals surface area contributed by atoms with Gasteiger partial charge in [-0.05, 0) is 40.8 Å². The largest absolute Gasteiger partial charge is 0.465 e. The lowest BCUT2D eigenvalue weighted by Crippen LogP contribution is -2.20. The maximum Gasteiger partial charge on any atom is 0.274 e. The fourth-order valence-corrected chi connectivity index (χ4v) is 2.78. The maximum atomic E-state index is 14.2. The van der Waals surface area contributed by atoms with Crippen LogP contribution >= 0.6 is 11.6 Å². The number of rotatable bonds is 5. The summed E-state index contributed by atoms with van der Waals surface area (Å²) >= 11 is 5.77. The highest BCUT2D eigenvalue weighted by Crippen LogP contribution is 2.23. The molecule has 0 bridgehead atoms. The molecule has 2 heterocycles. The first kappa shape index (κ1) is 18.6. The molecule has 7 nitrogen and oxygen atoms in total. The molecule has 0 spiro atoms. The van der Waals surface area contributed by atoms with Crippen LogP contribution in [0.1, 0.15) is 5.76 Å². The number of aromatic nitrogens is 4. The Balaban J connectivity index is 1.76. The van der Waals surface area contributed by atoms with Crippen molar-refractivity contribution in [1.29, 1.82) is 0 Å². The Morgan fingerprint density at radius 3 is 2.69 bits per heavy atom. The van der Waals surface area contributed by atoms with Crippen molar-refractivity contribution >= 4 is 35.0 Å². The van der Waals surface area contributed by atoms with Gasteiger partial charge in [-0.15, -0.1) is 5.10 Å². The van der Waals surface area contributed by atoms with Crippen molar-refractivity contribution in [3.8, 4) is 11.4 Å². The van der Waals surface area contributed by atoms with Gasteiger partial charge in [0.25, 0.3) is 5.91 Å². The van der Waals surface area contributed by atoms with Crippen LogP contribution < -0.4 is 5.32 Å². The number of furan rings is 1. The minimum absolute atomic E-state index is 0.0286. The number of nitrogens with zero attached hydrogens (tertiary/aromatic N) is 4. The van der Waals surface area contributed by atoms with Crippen molar-refractivity contribution in [1.82, 2.24) is 20.2 Å². The Bertz CT molecular complexity index is 1170. The number of carbonyl (C=O) groups is 1. The van der Waals surface area contributed by atoms with Gasteiger partial charge in [-0.2, -0.15) is 4.68 Å². The smallest absolute Gasteiger partial charge is 0.274 e. The van der Waals surface area contributed by atoms with Gasteiger partial charge in [-0.25, -0.2) is 4.39 Å². The van der Waals surface area contributed by atoms with E-state index in [1.165, 1.54) is 29.2 Å². The third-order valence-electron chi connectivity index (χ3n) is 3.96. The lowest BCUT2D eigenvalue weighted by molar-refractivity contribution is -0.111. The van der Waals surface area contributed by atoms with Gasteiger partial charge in [0.15, 0.2) is 5.82 Å². The molecule has 0 atom stereocenters. The second-order valence-corrected chi connectivity index (χ2v) is 6.34. The first-order valence-electron chi connectivity index (χ1n) is 8.47. The lowest BCUT2D eigenvalue weighted by atomic mass is 10.2. The Hall–Kier alpha value is -3.78. The van der Waals surface area contributed by atoms with Crippen molar-refractivity contribution < 1.29 is 13.6 Å². The highest BCUT2D eigenvalue weighted by molar-refractivity contribution is 6.30. The average Bonchev–Trinajstić information content (AvgIpc) is 3.40. The Labute approximate surface area is 169 Å². The van der Waals surface area contributed by atoms with Gasteiger partial charge in [0, 0.05) is 16.7 Å². The number of hydrogen-bond donors (Lipinski definition) is 1. The standard InChI is InChI=1S/C20H13ClFN5O2/c21-14-8-9-17(16(22)11-14)23-20(28)18(12-15-7-4-10-29-15)27-19(24-25-26-27)13-5-2-1-3-6-13/h1-12H,(H,23,28)/b18-12+. The van der Waals surface area contributed by atoms with E-state index in [1.54, 1.807) is 12.1 Å². The zero-order valence-electron chi connectivity index (χ0n) is 14.8. The van der Waals surface area contributed by atoms with E-state index in [-0.39, 0.29) is 16.4 Å². The first-order valence-corrected chi connectivity index (χ1v) is 8.85. The van der Waals surface area contributed by atoms with Crippen molar-refractivity contribution in [2.24, 2.45) is 0 Å². The van der Waals surface area contributed by atoms with E-state index in [0.717, 1.165) is 6.07 Å². The summed E-state index contributed by atoms with van der Waals surface area (Å²) in [6.45, 7) is 0. The summed E-state index contributed by atoms with van der Waals surface area (Å²) in [4.78, 5) is 13.0. The molecule has 29 heavy (non-hydrogen) atoms. The zero-order chi connectivity index (χ0) is 20.2. The number of tetrazole rings is 1. The molecular formula is C20H13ClFN5O2. The van der Waals surface area contributed by atoms with Gasteiger partial charge in [-0.1, -0.05) is 41.9 Å². The highest BCUT2D eigenvalue weighted by atomic mass is 35.5. The van der Waals surface area contributed by atoms with E-state index in [9.17, 15) is 9.18 Å². The molecule has 4 aromatic rings. The molecule has 2 aromatic heterocycles. The van der Waals surface area contributed by atoms with Gasteiger partial charge in [0.05, 0.1) is 12.0 Å². The molecule has 0 aliphatic rings. The summed E-state index contributed by atoms with van der Waals surface area (Å²) in [5.41, 5.74) is 0.713. The predicted molar refractivity (Wildman–Crippen MR) is 106 cm³/mol. The Kier molecular flexibility index (Phi) is 5.17. The molecule has 0 radical (unpaired) electrons. The van der Waals surface area contributed by atoms with Crippen LogP contribution in [-0.4, -0.2) is 26.1 Å².